The van der Waals surface area contributed by atoms with E-state index in [4.69, 9.17) is 8.85 Å². The Labute approximate surface area is 276 Å². The molecule has 0 bridgehead atoms. The molecule has 3 fully saturated rings. The summed E-state index contributed by atoms with van der Waals surface area (Å²) in [7, 11) is -3.68. The molecule has 3 rings (SSSR count). The van der Waals surface area contributed by atoms with Gasteiger partial charge in [-0.3, -0.25) is 0 Å². The Hall–Kier alpha value is -0.686. The van der Waals surface area contributed by atoms with Gasteiger partial charge >= 0.3 is 0 Å². The van der Waals surface area contributed by atoms with Crippen LogP contribution in [-0.2, 0) is 8.85 Å². The van der Waals surface area contributed by atoms with Crippen molar-refractivity contribution in [1.82, 2.24) is 0 Å². The van der Waals surface area contributed by atoms with Crippen molar-refractivity contribution in [3.63, 3.8) is 0 Å². The third kappa shape index (κ3) is 8.42. The third-order valence-electron chi connectivity index (χ3n) is 13.0. The Balaban J connectivity index is 1.67. The van der Waals surface area contributed by atoms with Crippen molar-refractivity contribution >= 4 is 16.6 Å². The molecule has 0 aromatic carbocycles. The van der Waals surface area contributed by atoms with E-state index in [1.54, 1.807) is 5.57 Å². The fourth-order valence-corrected chi connectivity index (χ4v) is 11.2. The van der Waals surface area contributed by atoms with Crippen molar-refractivity contribution in [1.29, 1.82) is 0 Å². The Morgan fingerprint density at radius 2 is 1.50 bits per heavy atom. The Kier molecular flexibility index (Phi) is 11.5. The van der Waals surface area contributed by atoms with Gasteiger partial charge in [0.05, 0.1) is 11.7 Å². The lowest BCUT2D eigenvalue weighted by atomic mass is 9.60. The van der Waals surface area contributed by atoms with Crippen LogP contribution in [0.3, 0.4) is 0 Å². The predicted octanol–water partition coefficient (Wildman–Crippen LogP) is 13.0. The second-order valence-electron chi connectivity index (χ2n) is 19.0. The molecule has 5 atom stereocenters. The Morgan fingerprint density at radius 1 is 0.886 bits per heavy atom. The van der Waals surface area contributed by atoms with Crippen LogP contribution in [0.15, 0.2) is 47.6 Å². The van der Waals surface area contributed by atoms with Crippen LogP contribution in [0.2, 0.25) is 36.3 Å². The predicted molar refractivity (Wildman–Crippen MR) is 199 cm³/mol. The molecule has 0 aromatic heterocycles. The van der Waals surface area contributed by atoms with Gasteiger partial charge in [0, 0.05) is 0 Å². The van der Waals surface area contributed by atoms with Gasteiger partial charge in [0.2, 0.25) is 0 Å². The number of allylic oxidation sites excluding steroid dienone is 3. The number of hydrogen-bond acceptors (Lipinski definition) is 2. The fourth-order valence-electron chi connectivity index (χ4n) is 8.19. The number of hydrogen-bond donors (Lipinski definition) is 0. The van der Waals surface area contributed by atoms with Gasteiger partial charge in [-0.1, -0.05) is 99.1 Å². The molecule has 0 spiro atoms. The molecule has 0 radical (unpaired) electrons. The highest BCUT2D eigenvalue weighted by Crippen LogP contribution is 2.60. The van der Waals surface area contributed by atoms with E-state index < -0.39 is 16.6 Å². The summed E-state index contributed by atoms with van der Waals surface area (Å²) >= 11 is 0. The average Bonchev–Trinajstić information content (AvgIpc) is 3.21. The minimum Gasteiger partial charge on any atom is -0.412 e. The van der Waals surface area contributed by atoms with Gasteiger partial charge in [0.1, 0.15) is 0 Å². The lowest BCUT2D eigenvalue weighted by Crippen LogP contribution is -2.47. The first-order valence-corrected chi connectivity index (χ1v) is 23.9. The maximum absolute atomic E-state index is 6.88. The summed E-state index contributed by atoms with van der Waals surface area (Å²) in [5.74, 6) is 2.32. The molecular formula is C40H72O2Si2. The summed E-state index contributed by atoms with van der Waals surface area (Å²) in [5, 5.41) is 0.431. The van der Waals surface area contributed by atoms with Gasteiger partial charge in [-0.05, 0) is 141 Å². The first-order chi connectivity index (χ1) is 19.9. The Bertz CT molecular complexity index is 1110. The fraction of sp³-hybridized carbons (Fsp3) is 0.800. The molecule has 0 N–H and O–H groups in total. The maximum atomic E-state index is 6.88. The number of rotatable bonds is 10. The van der Waals surface area contributed by atoms with Crippen molar-refractivity contribution in [2.45, 2.75) is 181 Å². The molecule has 0 saturated heterocycles. The number of fused-ring (bicyclic) bond motifs is 1. The van der Waals surface area contributed by atoms with Crippen LogP contribution in [0, 0.1) is 23.2 Å². The van der Waals surface area contributed by atoms with Gasteiger partial charge in [0.15, 0.2) is 16.6 Å². The standard InChI is InChI=1S/C40H72O2Si2/c1-29(19-17-27-39(10,11)42-44(15,16)38(7,8)9)34-25-26-35-33(20-18-28-40(34,35)12)24-23-32-22-21-30(2)36(31(32)3)41-43(13,14)37(4,5)6/h23-24,29,34-36H,2-3,17-22,25-28H2,1,4-16H3/b32-23-,33-24+/t29-,34+,35-,36-,40+/m0/s1. The summed E-state index contributed by atoms with van der Waals surface area (Å²) in [5.41, 5.74) is 5.83. The first-order valence-electron chi connectivity index (χ1n) is 18.1. The molecule has 0 aromatic rings. The minimum atomic E-state index is -1.92. The van der Waals surface area contributed by atoms with Crippen molar-refractivity contribution in [2.75, 3.05) is 0 Å². The zero-order chi connectivity index (χ0) is 33.5. The second-order valence-corrected chi connectivity index (χ2v) is 28.4. The summed E-state index contributed by atoms with van der Waals surface area (Å²) < 4.78 is 13.7. The van der Waals surface area contributed by atoms with Crippen LogP contribution >= 0.6 is 0 Å². The quantitative estimate of drug-likeness (QED) is 0.175. The molecule has 0 amide bonds. The van der Waals surface area contributed by atoms with Crippen LogP contribution in [0.5, 0.6) is 0 Å². The largest absolute Gasteiger partial charge is 0.412 e. The molecule has 0 unspecified atom stereocenters. The van der Waals surface area contributed by atoms with Gasteiger partial charge in [0.25, 0.3) is 0 Å². The normalized spacial score (nSPS) is 30.3. The van der Waals surface area contributed by atoms with Crippen molar-refractivity contribution in [2.24, 2.45) is 23.2 Å². The highest BCUT2D eigenvalue weighted by molar-refractivity contribution is 6.74. The Morgan fingerprint density at radius 3 is 2.09 bits per heavy atom. The van der Waals surface area contributed by atoms with Crippen LogP contribution in [0.1, 0.15) is 133 Å². The molecule has 0 aliphatic heterocycles. The topological polar surface area (TPSA) is 18.5 Å². The maximum Gasteiger partial charge on any atom is 0.193 e. The molecule has 252 valence electrons. The van der Waals surface area contributed by atoms with E-state index in [0.717, 1.165) is 42.6 Å². The van der Waals surface area contributed by atoms with Gasteiger partial charge in [-0.15, -0.1) is 0 Å². The van der Waals surface area contributed by atoms with Gasteiger partial charge in [-0.25, -0.2) is 0 Å². The van der Waals surface area contributed by atoms with E-state index in [1.165, 1.54) is 56.1 Å². The van der Waals surface area contributed by atoms with Crippen molar-refractivity contribution < 1.29 is 8.85 Å². The highest BCUT2D eigenvalue weighted by Gasteiger charge is 2.50. The second kappa shape index (κ2) is 13.4. The third-order valence-corrected chi connectivity index (χ3v) is 22.1. The van der Waals surface area contributed by atoms with E-state index in [1.807, 2.05) is 0 Å². The lowest BCUT2D eigenvalue weighted by Gasteiger charge is -2.45. The van der Waals surface area contributed by atoms with Crippen LogP contribution in [0.4, 0.5) is 0 Å². The monoisotopic (exact) mass is 641 g/mol. The molecule has 0 heterocycles. The molecule has 3 aliphatic carbocycles. The summed E-state index contributed by atoms with van der Waals surface area (Å²) in [6.45, 7) is 42.3. The SMILES string of the molecule is C=C1CC/C(=C/C=C2\CCC[C@]3(C)[C@@H]([C@@H](C)CCCC(C)(C)O[Si](C)(C)C(C)(C)C)CC[C@@H]23)C(=C)[C@H]1O[Si](C)(C)C(C)(C)C. The van der Waals surface area contributed by atoms with Crippen molar-refractivity contribution in [3.8, 4) is 0 Å². The molecule has 2 nitrogen and oxygen atoms in total. The zero-order valence-electron chi connectivity index (χ0n) is 31.8. The first kappa shape index (κ1) is 37.8. The van der Waals surface area contributed by atoms with E-state index in [2.05, 4.69) is 121 Å². The molecule has 4 heteroatoms. The van der Waals surface area contributed by atoms with E-state index in [-0.39, 0.29) is 21.8 Å². The highest BCUT2D eigenvalue weighted by atomic mass is 28.4. The summed E-state index contributed by atoms with van der Waals surface area (Å²) in [6.07, 6.45) is 17.4. The lowest BCUT2D eigenvalue weighted by molar-refractivity contribution is 0.0683. The molecule has 3 saturated carbocycles. The van der Waals surface area contributed by atoms with Gasteiger partial charge < -0.3 is 8.85 Å². The molecule has 3 aliphatic rings. The minimum absolute atomic E-state index is 0.0279. The van der Waals surface area contributed by atoms with E-state index in [9.17, 15) is 0 Å². The van der Waals surface area contributed by atoms with E-state index in [0.29, 0.717) is 5.41 Å². The summed E-state index contributed by atoms with van der Waals surface area (Å²) in [6, 6.07) is 0. The smallest absolute Gasteiger partial charge is 0.193 e. The van der Waals surface area contributed by atoms with E-state index >= 15 is 0 Å². The summed E-state index contributed by atoms with van der Waals surface area (Å²) in [4.78, 5) is 0. The molecular weight excluding hydrogens is 569 g/mol. The van der Waals surface area contributed by atoms with Crippen LogP contribution in [0.25, 0.3) is 0 Å². The van der Waals surface area contributed by atoms with Crippen molar-refractivity contribution in [3.05, 3.63) is 47.6 Å². The van der Waals surface area contributed by atoms with Gasteiger partial charge in [-0.2, -0.15) is 0 Å². The van der Waals surface area contributed by atoms with Crippen LogP contribution < -0.4 is 0 Å². The molecule has 44 heavy (non-hydrogen) atoms. The average molecular weight is 641 g/mol. The van der Waals surface area contributed by atoms with Crippen LogP contribution in [-0.4, -0.2) is 28.3 Å². The zero-order valence-corrected chi connectivity index (χ0v) is 33.8.